The highest BCUT2D eigenvalue weighted by Gasteiger charge is 2.16. The number of rotatable bonds is 7. The third kappa shape index (κ3) is 4.87. The minimum Gasteiger partial charge on any atom is -0.481 e. The molecule has 23 heavy (non-hydrogen) atoms. The van der Waals surface area contributed by atoms with E-state index in [0.29, 0.717) is 5.56 Å². The molecule has 1 atom stereocenters. The molecule has 1 aromatic carbocycles. The second-order valence-corrected chi connectivity index (χ2v) is 6.99. The van der Waals surface area contributed by atoms with Gasteiger partial charge in [-0.2, -0.15) is 0 Å². The quantitative estimate of drug-likeness (QED) is 0.805. The lowest BCUT2D eigenvalue weighted by molar-refractivity contribution is -0.136. The maximum Gasteiger partial charge on any atom is 0.307 e. The average Bonchev–Trinajstić information content (AvgIpc) is 2.53. The Morgan fingerprint density at radius 2 is 1.91 bits per heavy atom. The van der Waals surface area contributed by atoms with E-state index < -0.39 is 16.0 Å². The van der Waals surface area contributed by atoms with Crippen molar-refractivity contribution in [1.29, 1.82) is 0 Å². The number of carboxylic acids is 1. The van der Waals surface area contributed by atoms with Crippen molar-refractivity contribution in [2.75, 3.05) is 6.54 Å². The van der Waals surface area contributed by atoms with E-state index in [4.69, 9.17) is 5.11 Å². The summed E-state index contributed by atoms with van der Waals surface area (Å²) in [5, 5.41) is 8.71. The zero-order valence-electron chi connectivity index (χ0n) is 12.6. The van der Waals surface area contributed by atoms with Crippen LogP contribution in [0.3, 0.4) is 0 Å². The molecule has 0 aliphatic carbocycles. The number of hydrogen-bond donors (Lipinski definition) is 2. The normalized spacial score (nSPS) is 12.7. The van der Waals surface area contributed by atoms with Crippen molar-refractivity contribution < 1.29 is 18.3 Å². The van der Waals surface area contributed by atoms with E-state index in [1.807, 2.05) is 19.1 Å². The van der Waals surface area contributed by atoms with Crippen molar-refractivity contribution in [3.63, 3.8) is 0 Å². The second-order valence-electron chi connectivity index (χ2n) is 5.22. The molecular weight excluding hydrogens is 316 g/mol. The van der Waals surface area contributed by atoms with Crippen molar-refractivity contribution in [2.24, 2.45) is 0 Å². The van der Waals surface area contributed by atoms with Crippen molar-refractivity contribution in [2.45, 2.75) is 24.2 Å². The van der Waals surface area contributed by atoms with Crippen LogP contribution in [0.15, 0.2) is 53.6 Å². The van der Waals surface area contributed by atoms with Crippen LogP contribution in [-0.4, -0.2) is 31.0 Å². The number of benzene rings is 1. The number of hydrogen-bond acceptors (Lipinski definition) is 4. The van der Waals surface area contributed by atoms with Crippen LogP contribution >= 0.6 is 0 Å². The van der Waals surface area contributed by atoms with Gasteiger partial charge in [0, 0.05) is 24.4 Å². The largest absolute Gasteiger partial charge is 0.481 e. The number of aliphatic carboxylic acids is 1. The van der Waals surface area contributed by atoms with Gasteiger partial charge in [-0.1, -0.05) is 25.1 Å². The molecule has 0 aliphatic rings. The topological polar surface area (TPSA) is 96.4 Å². The van der Waals surface area contributed by atoms with E-state index in [1.54, 1.807) is 12.3 Å². The number of aromatic nitrogens is 1. The van der Waals surface area contributed by atoms with E-state index in [-0.39, 0.29) is 23.8 Å². The number of nitrogens with zero attached hydrogens (tertiary/aromatic N) is 1. The fourth-order valence-electron chi connectivity index (χ4n) is 2.05. The van der Waals surface area contributed by atoms with Crippen LogP contribution in [0.4, 0.5) is 0 Å². The monoisotopic (exact) mass is 334 g/mol. The second kappa shape index (κ2) is 7.34. The summed E-state index contributed by atoms with van der Waals surface area (Å²) in [7, 11) is -3.63. The first-order chi connectivity index (χ1) is 10.9. The molecule has 1 heterocycles. The highest BCUT2D eigenvalue weighted by molar-refractivity contribution is 7.89. The number of carbonyl (C=O) groups is 1. The summed E-state index contributed by atoms with van der Waals surface area (Å²) in [5.41, 5.74) is 1.37. The van der Waals surface area contributed by atoms with Gasteiger partial charge in [-0.15, -0.1) is 0 Å². The molecule has 0 fully saturated rings. The average molecular weight is 334 g/mol. The molecule has 2 N–H and O–H groups in total. The lowest BCUT2D eigenvalue weighted by Gasteiger charge is -2.12. The fraction of sp³-hybridized carbons (Fsp3) is 0.250. The summed E-state index contributed by atoms with van der Waals surface area (Å²) < 4.78 is 27.1. The Morgan fingerprint density at radius 3 is 2.48 bits per heavy atom. The van der Waals surface area contributed by atoms with Gasteiger partial charge in [0.1, 0.15) is 0 Å². The summed E-state index contributed by atoms with van der Waals surface area (Å²) in [4.78, 5) is 14.9. The Bertz CT molecular complexity index is 758. The zero-order valence-corrected chi connectivity index (χ0v) is 13.5. The Morgan fingerprint density at radius 1 is 1.22 bits per heavy atom. The number of pyridine rings is 1. The van der Waals surface area contributed by atoms with Crippen molar-refractivity contribution in [3.8, 4) is 0 Å². The van der Waals surface area contributed by atoms with Gasteiger partial charge >= 0.3 is 5.97 Å². The molecule has 0 spiro atoms. The summed E-state index contributed by atoms with van der Waals surface area (Å²) in [6.07, 6.45) is 1.53. The molecule has 2 aromatic rings. The van der Waals surface area contributed by atoms with Gasteiger partial charge in [0.15, 0.2) is 0 Å². The lowest BCUT2D eigenvalue weighted by atomic mass is 10.1. The van der Waals surface area contributed by atoms with Crippen molar-refractivity contribution in [3.05, 3.63) is 59.9 Å². The van der Waals surface area contributed by atoms with Crippen LogP contribution in [0.2, 0.25) is 0 Å². The third-order valence-electron chi connectivity index (χ3n) is 3.36. The first-order valence-electron chi connectivity index (χ1n) is 7.10. The first-order valence-corrected chi connectivity index (χ1v) is 8.58. The predicted molar refractivity (Wildman–Crippen MR) is 85.6 cm³/mol. The van der Waals surface area contributed by atoms with Gasteiger partial charge in [-0.05, 0) is 29.8 Å². The smallest absolute Gasteiger partial charge is 0.307 e. The Labute approximate surface area is 135 Å². The van der Waals surface area contributed by atoms with Gasteiger partial charge in [0.05, 0.1) is 11.3 Å². The maximum absolute atomic E-state index is 12.3. The maximum atomic E-state index is 12.3. The van der Waals surface area contributed by atoms with E-state index in [0.717, 1.165) is 5.69 Å². The number of carboxylic acid groups (broad SMARTS) is 1. The van der Waals surface area contributed by atoms with Crippen molar-refractivity contribution in [1.82, 2.24) is 9.71 Å². The fourth-order valence-corrected chi connectivity index (χ4v) is 3.18. The minimum absolute atomic E-state index is 0.0581. The van der Waals surface area contributed by atoms with Gasteiger partial charge in [0.25, 0.3) is 0 Å². The third-order valence-corrected chi connectivity index (χ3v) is 4.80. The molecule has 0 amide bonds. The van der Waals surface area contributed by atoms with Gasteiger partial charge in [-0.3, -0.25) is 9.78 Å². The first kappa shape index (κ1) is 17.1. The van der Waals surface area contributed by atoms with Gasteiger partial charge in [0.2, 0.25) is 10.0 Å². The molecule has 0 radical (unpaired) electrons. The van der Waals surface area contributed by atoms with E-state index in [1.165, 1.54) is 24.3 Å². The molecule has 2 rings (SSSR count). The molecule has 0 saturated heterocycles. The van der Waals surface area contributed by atoms with Crippen molar-refractivity contribution >= 4 is 16.0 Å². The molecule has 7 heteroatoms. The van der Waals surface area contributed by atoms with Crippen LogP contribution in [0.1, 0.15) is 24.1 Å². The van der Waals surface area contributed by atoms with Crippen LogP contribution in [0, 0.1) is 0 Å². The zero-order chi connectivity index (χ0) is 16.9. The van der Waals surface area contributed by atoms with E-state index in [9.17, 15) is 13.2 Å². The summed E-state index contributed by atoms with van der Waals surface area (Å²) in [6, 6.07) is 11.3. The highest BCUT2D eigenvalue weighted by atomic mass is 32.2. The lowest BCUT2D eigenvalue weighted by Crippen LogP contribution is -2.28. The Balaban J connectivity index is 2.02. The van der Waals surface area contributed by atoms with E-state index in [2.05, 4.69) is 9.71 Å². The summed E-state index contributed by atoms with van der Waals surface area (Å²) in [6.45, 7) is 2.12. The molecule has 122 valence electrons. The number of nitrogens with one attached hydrogen (secondary N) is 1. The summed E-state index contributed by atoms with van der Waals surface area (Å²) in [5.74, 6) is -1.01. The standard InChI is InChI=1S/C16H18N2O4S/c1-12(15-4-2-3-9-17-15)11-18-23(21,22)14-7-5-13(6-8-14)10-16(19)20/h2-9,12,18H,10-11H2,1H3,(H,19,20). The number of sulfonamides is 1. The Kier molecular flexibility index (Phi) is 5.46. The molecule has 0 aliphatic heterocycles. The van der Waals surface area contributed by atoms with Crippen LogP contribution in [0.5, 0.6) is 0 Å². The van der Waals surface area contributed by atoms with E-state index >= 15 is 0 Å². The summed E-state index contributed by atoms with van der Waals surface area (Å²) >= 11 is 0. The molecule has 1 aromatic heterocycles. The molecule has 1 unspecified atom stereocenters. The molecule has 6 nitrogen and oxygen atoms in total. The predicted octanol–water partition coefficient (Wildman–Crippen LogP) is 1.79. The van der Waals surface area contributed by atoms with Crippen LogP contribution in [0.25, 0.3) is 0 Å². The van der Waals surface area contributed by atoms with Crippen LogP contribution in [-0.2, 0) is 21.2 Å². The minimum atomic E-state index is -3.63. The van der Waals surface area contributed by atoms with Crippen LogP contribution < -0.4 is 4.72 Å². The Hall–Kier alpha value is -2.25. The van der Waals surface area contributed by atoms with Gasteiger partial charge in [-0.25, -0.2) is 13.1 Å². The van der Waals surface area contributed by atoms with Gasteiger partial charge < -0.3 is 5.11 Å². The molecule has 0 saturated carbocycles. The molecule has 0 bridgehead atoms. The highest BCUT2D eigenvalue weighted by Crippen LogP contribution is 2.14. The SMILES string of the molecule is CC(CNS(=O)(=O)c1ccc(CC(=O)O)cc1)c1ccccn1. The molecular formula is C16H18N2O4S.